The SMILES string of the molecule is CCOc1ccc(-c2noc(C3=C(C)N(Cc4ccco4)C(=O)NC3c3ccc(CC)cc3)n2)cc1. The summed E-state index contributed by atoms with van der Waals surface area (Å²) in [7, 11) is 0. The molecule has 1 aliphatic rings. The second-order valence-corrected chi connectivity index (χ2v) is 8.52. The molecule has 0 spiro atoms. The number of benzene rings is 2. The molecule has 1 unspecified atom stereocenters. The largest absolute Gasteiger partial charge is 0.494 e. The highest BCUT2D eigenvalue weighted by Crippen LogP contribution is 2.38. The van der Waals surface area contributed by atoms with Crippen LogP contribution < -0.4 is 10.1 Å². The topological polar surface area (TPSA) is 93.6 Å². The lowest BCUT2D eigenvalue weighted by molar-refractivity contribution is 0.199. The van der Waals surface area contributed by atoms with Gasteiger partial charge in [0, 0.05) is 11.3 Å². The molecule has 1 N–H and O–H groups in total. The molecule has 0 saturated carbocycles. The van der Waals surface area contributed by atoms with Crippen molar-refractivity contribution in [2.75, 3.05) is 6.61 Å². The van der Waals surface area contributed by atoms with Gasteiger partial charge in [-0.05, 0) is 67.8 Å². The first kappa shape index (κ1) is 23.4. The average Bonchev–Trinajstić information content (AvgIpc) is 3.60. The molecule has 0 radical (unpaired) electrons. The number of aryl methyl sites for hydroxylation is 1. The van der Waals surface area contributed by atoms with Gasteiger partial charge in [0.2, 0.25) is 5.82 Å². The summed E-state index contributed by atoms with van der Waals surface area (Å²) in [5, 5.41) is 7.36. The van der Waals surface area contributed by atoms with Crippen LogP contribution in [0.4, 0.5) is 4.79 Å². The number of hydrogen-bond acceptors (Lipinski definition) is 6. The summed E-state index contributed by atoms with van der Waals surface area (Å²) in [6, 6.07) is 18.7. The Morgan fingerprint density at radius 1 is 1.06 bits per heavy atom. The Kier molecular flexibility index (Phi) is 6.58. The van der Waals surface area contributed by atoms with Crippen molar-refractivity contribution in [3.05, 3.63) is 95.4 Å². The number of carbonyl (C=O) groups is 1. The van der Waals surface area contributed by atoms with Gasteiger partial charge in [0.15, 0.2) is 0 Å². The molecular weight excluding hydrogens is 456 g/mol. The number of ether oxygens (including phenoxy) is 1. The Morgan fingerprint density at radius 2 is 1.83 bits per heavy atom. The second kappa shape index (κ2) is 10.1. The molecule has 8 nitrogen and oxygen atoms in total. The molecule has 5 rings (SSSR count). The smallest absolute Gasteiger partial charge is 0.322 e. The standard InChI is InChI=1S/C28H28N4O4/c1-4-19-8-10-20(11-9-19)25-24(18(3)32(28(33)29-25)17-23-7-6-16-35-23)27-30-26(31-36-27)21-12-14-22(15-13-21)34-5-2/h6-16,25H,4-5,17H2,1-3H3,(H,29,33). The van der Waals surface area contributed by atoms with Crippen molar-refractivity contribution in [3.63, 3.8) is 0 Å². The first-order valence-electron chi connectivity index (χ1n) is 12.0. The van der Waals surface area contributed by atoms with E-state index < -0.39 is 6.04 Å². The number of nitrogens with zero attached hydrogens (tertiary/aromatic N) is 3. The number of urea groups is 1. The molecule has 8 heteroatoms. The molecule has 0 saturated heterocycles. The van der Waals surface area contributed by atoms with Crippen LogP contribution in [0.25, 0.3) is 17.0 Å². The minimum Gasteiger partial charge on any atom is -0.494 e. The fourth-order valence-corrected chi connectivity index (χ4v) is 4.32. The summed E-state index contributed by atoms with van der Waals surface area (Å²) in [6.45, 7) is 6.83. The lowest BCUT2D eigenvalue weighted by Crippen LogP contribution is -2.45. The van der Waals surface area contributed by atoms with Gasteiger partial charge in [0.25, 0.3) is 5.89 Å². The Balaban J connectivity index is 1.55. The fourth-order valence-electron chi connectivity index (χ4n) is 4.32. The average molecular weight is 485 g/mol. The van der Waals surface area contributed by atoms with Crippen LogP contribution in [-0.2, 0) is 13.0 Å². The molecule has 184 valence electrons. The van der Waals surface area contributed by atoms with Crippen molar-refractivity contribution in [3.8, 4) is 17.1 Å². The van der Waals surface area contributed by atoms with Crippen LogP contribution >= 0.6 is 0 Å². The summed E-state index contributed by atoms with van der Waals surface area (Å²) in [5.41, 5.74) is 4.44. The van der Waals surface area contributed by atoms with Crippen LogP contribution in [0.3, 0.4) is 0 Å². The lowest BCUT2D eigenvalue weighted by Gasteiger charge is -2.34. The second-order valence-electron chi connectivity index (χ2n) is 8.52. The summed E-state index contributed by atoms with van der Waals surface area (Å²) in [4.78, 5) is 19.5. The van der Waals surface area contributed by atoms with Crippen LogP contribution in [0.2, 0.25) is 0 Å². The van der Waals surface area contributed by atoms with E-state index >= 15 is 0 Å². The predicted octanol–water partition coefficient (Wildman–Crippen LogP) is 5.99. The van der Waals surface area contributed by atoms with Crippen molar-refractivity contribution < 1.29 is 18.5 Å². The molecule has 2 amide bonds. The summed E-state index contributed by atoms with van der Waals surface area (Å²) < 4.78 is 16.8. The molecule has 36 heavy (non-hydrogen) atoms. The van der Waals surface area contributed by atoms with Crippen molar-refractivity contribution in [2.24, 2.45) is 0 Å². The summed E-state index contributed by atoms with van der Waals surface area (Å²) >= 11 is 0. The van der Waals surface area contributed by atoms with E-state index in [2.05, 4.69) is 29.5 Å². The summed E-state index contributed by atoms with van der Waals surface area (Å²) in [6.07, 6.45) is 2.53. The van der Waals surface area contributed by atoms with E-state index in [1.165, 1.54) is 5.56 Å². The maximum absolute atomic E-state index is 13.2. The van der Waals surface area contributed by atoms with Gasteiger partial charge in [-0.2, -0.15) is 4.98 Å². The zero-order chi connectivity index (χ0) is 25.1. The zero-order valence-electron chi connectivity index (χ0n) is 20.5. The van der Waals surface area contributed by atoms with Gasteiger partial charge in [0.1, 0.15) is 11.5 Å². The van der Waals surface area contributed by atoms with Crippen LogP contribution in [0.1, 0.15) is 49.6 Å². The minimum atomic E-state index is -0.440. The molecule has 2 aromatic carbocycles. The van der Waals surface area contributed by atoms with Gasteiger partial charge in [-0.3, -0.25) is 4.90 Å². The quantitative estimate of drug-likeness (QED) is 0.330. The Morgan fingerprint density at radius 3 is 2.50 bits per heavy atom. The Labute approximate surface area is 209 Å². The van der Waals surface area contributed by atoms with E-state index in [-0.39, 0.29) is 12.6 Å². The molecule has 0 bridgehead atoms. The van der Waals surface area contributed by atoms with Gasteiger partial charge < -0.3 is 19.0 Å². The highest BCUT2D eigenvalue weighted by Gasteiger charge is 2.36. The zero-order valence-corrected chi connectivity index (χ0v) is 20.5. The van der Waals surface area contributed by atoms with Crippen molar-refractivity contribution >= 4 is 11.6 Å². The van der Waals surface area contributed by atoms with Crippen LogP contribution in [0, 0.1) is 0 Å². The molecule has 4 aromatic rings. The van der Waals surface area contributed by atoms with Crippen molar-refractivity contribution in [2.45, 2.75) is 39.8 Å². The first-order valence-corrected chi connectivity index (χ1v) is 12.0. The predicted molar refractivity (Wildman–Crippen MR) is 135 cm³/mol. The number of amides is 2. The molecule has 0 fully saturated rings. The van der Waals surface area contributed by atoms with Gasteiger partial charge in [-0.25, -0.2) is 4.79 Å². The van der Waals surface area contributed by atoms with E-state index in [0.29, 0.717) is 24.1 Å². The maximum atomic E-state index is 13.2. The monoisotopic (exact) mass is 484 g/mol. The van der Waals surface area contributed by atoms with Crippen LogP contribution in [-0.4, -0.2) is 27.7 Å². The third-order valence-corrected chi connectivity index (χ3v) is 6.29. The number of allylic oxidation sites excluding steroid dienone is 1. The van der Waals surface area contributed by atoms with E-state index in [1.54, 1.807) is 17.2 Å². The van der Waals surface area contributed by atoms with E-state index in [1.807, 2.05) is 56.3 Å². The number of aromatic nitrogens is 2. The molecular formula is C28H28N4O4. The number of nitrogens with one attached hydrogen (secondary N) is 1. The van der Waals surface area contributed by atoms with Crippen LogP contribution in [0.15, 0.2) is 81.6 Å². The summed E-state index contributed by atoms with van der Waals surface area (Å²) in [5.74, 6) is 2.27. The van der Waals surface area contributed by atoms with E-state index in [9.17, 15) is 4.79 Å². The van der Waals surface area contributed by atoms with Gasteiger partial charge in [-0.1, -0.05) is 36.3 Å². The Bertz CT molecular complexity index is 1360. The lowest BCUT2D eigenvalue weighted by atomic mass is 9.93. The normalized spacial score (nSPS) is 15.8. The fraction of sp³-hybridized carbons (Fsp3) is 0.250. The van der Waals surface area contributed by atoms with Gasteiger partial charge in [-0.15, -0.1) is 0 Å². The maximum Gasteiger partial charge on any atom is 0.322 e. The van der Waals surface area contributed by atoms with E-state index in [4.69, 9.17) is 18.7 Å². The van der Waals surface area contributed by atoms with E-state index in [0.717, 1.165) is 34.6 Å². The van der Waals surface area contributed by atoms with Crippen molar-refractivity contribution in [1.82, 2.24) is 20.4 Å². The molecule has 1 aliphatic heterocycles. The third-order valence-electron chi connectivity index (χ3n) is 6.29. The number of furan rings is 1. The minimum absolute atomic E-state index is 0.219. The first-order chi connectivity index (χ1) is 17.6. The Hall–Kier alpha value is -4.33. The number of carbonyl (C=O) groups excluding carboxylic acids is 1. The van der Waals surface area contributed by atoms with Crippen molar-refractivity contribution in [1.29, 1.82) is 0 Å². The number of hydrogen-bond donors (Lipinski definition) is 1. The van der Waals surface area contributed by atoms with Gasteiger partial charge >= 0.3 is 6.03 Å². The number of rotatable bonds is 8. The third kappa shape index (κ3) is 4.62. The molecule has 1 atom stereocenters. The molecule has 0 aliphatic carbocycles. The van der Waals surface area contributed by atoms with Crippen LogP contribution in [0.5, 0.6) is 5.75 Å². The molecule has 3 heterocycles. The molecule has 2 aromatic heterocycles. The van der Waals surface area contributed by atoms with Gasteiger partial charge in [0.05, 0.1) is 31.0 Å². The highest BCUT2D eigenvalue weighted by molar-refractivity contribution is 5.86. The highest BCUT2D eigenvalue weighted by atomic mass is 16.5.